The minimum Gasteiger partial charge on any atom is -0.493 e. The molecule has 0 spiro atoms. The Hall–Kier alpha value is -3.39. The van der Waals surface area contributed by atoms with E-state index in [0.29, 0.717) is 38.8 Å². The van der Waals surface area contributed by atoms with E-state index in [4.69, 9.17) is 21.1 Å². The molecule has 0 saturated carbocycles. The lowest BCUT2D eigenvalue weighted by molar-refractivity contribution is -0.121. The fourth-order valence-electron chi connectivity index (χ4n) is 2.70. The average molecular weight is 415 g/mol. The number of para-hydroxylation sites is 2. The van der Waals surface area contributed by atoms with Crippen LogP contribution in [0.3, 0.4) is 0 Å². The van der Waals surface area contributed by atoms with Gasteiger partial charge in [0.25, 0.3) is 5.56 Å². The molecule has 0 aliphatic carbocycles. The molecule has 0 aliphatic rings. The molecule has 2 aromatic carbocycles. The lowest BCUT2D eigenvalue weighted by Crippen LogP contribution is -2.21. The van der Waals surface area contributed by atoms with Crippen molar-refractivity contribution in [2.75, 3.05) is 14.2 Å². The summed E-state index contributed by atoms with van der Waals surface area (Å²) in [7, 11) is 2.99. The molecule has 1 heterocycles. The Bertz CT molecular complexity index is 1130. The maximum absolute atomic E-state index is 12.1. The van der Waals surface area contributed by atoms with Crippen LogP contribution in [0.1, 0.15) is 17.7 Å². The molecule has 0 aliphatic heterocycles. The van der Waals surface area contributed by atoms with Crippen molar-refractivity contribution in [3.05, 3.63) is 63.0 Å². The predicted octanol–water partition coefficient (Wildman–Crippen LogP) is 2.68. The molecule has 1 aromatic heterocycles. The van der Waals surface area contributed by atoms with Crippen molar-refractivity contribution in [2.45, 2.75) is 12.8 Å². The number of aryl methyl sites for hydroxylation is 1. The number of fused-ring (bicyclic) bond motifs is 1. The van der Waals surface area contributed by atoms with Gasteiger partial charge in [0.2, 0.25) is 5.91 Å². The number of ether oxygens (including phenoxy) is 2. The molecule has 8 nitrogen and oxygen atoms in total. The van der Waals surface area contributed by atoms with Crippen LogP contribution in [0.25, 0.3) is 11.0 Å². The number of halogens is 1. The number of H-pyrrole nitrogens is 1. The Morgan fingerprint density at radius 1 is 1.24 bits per heavy atom. The van der Waals surface area contributed by atoms with Crippen LogP contribution in [0.5, 0.6) is 11.5 Å². The van der Waals surface area contributed by atoms with Crippen molar-refractivity contribution >= 4 is 34.8 Å². The average Bonchev–Trinajstić information content (AvgIpc) is 2.73. The third kappa shape index (κ3) is 4.72. The molecule has 0 fully saturated rings. The number of nitrogens with zero attached hydrogens (tertiary/aromatic N) is 2. The van der Waals surface area contributed by atoms with Gasteiger partial charge in [0, 0.05) is 18.4 Å². The monoisotopic (exact) mass is 414 g/mol. The summed E-state index contributed by atoms with van der Waals surface area (Å²) in [5, 5.41) is 4.22. The van der Waals surface area contributed by atoms with Gasteiger partial charge in [-0.2, -0.15) is 5.10 Å². The van der Waals surface area contributed by atoms with Crippen molar-refractivity contribution in [3.8, 4) is 11.5 Å². The van der Waals surface area contributed by atoms with Gasteiger partial charge in [-0.1, -0.05) is 23.7 Å². The van der Waals surface area contributed by atoms with E-state index in [1.807, 2.05) is 12.1 Å². The van der Waals surface area contributed by atoms with Crippen LogP contribution in [0.15, 0.2) is 46.3 Å². The smallest absolute Gasteiger partial charge is 0.270 e. The van der Waals surface area contributed by atoms with Gasteiger partial charge in [-0.25, -0.2) is 10.4 Å². The zero-order valence-corrected chi connectivity index (χ0v) is 16.6. The number of amides is 1. The Morgan fingerprint density at radius 3 is 2.79 bits per heavy atom. The van der Waals surface area contributed by atoms with Crippen molar-refractivity contribution < 1.29 is 14.3 Å². The predicted molar refractivity (Wildman–Crippen MR) is 111 cm³/mol. The summed E-state index contributed by atoms with van der Waals surface area (Å²) < 4.78 is 10.4. The second-order valence-corrected chi connectivity index (χ2v) is 6.41. The first-order valence-electron chi connectivity index (χ1n) is 8.73. The molecular weight excluding hydrogens is 396 g/mol. The largest absolute Gasteiger partial charge is 0.493 e. The van der Waals surface area contributed by atoms with Crippen LogP contribution in [0.4, 0.5) is 0 Å². The molecule has 3 aromatic rings. The lowest BCUT2D eigenvalue weighted by atomic mass is 10.2. The topological polar surface area (TPSA) is 106 Å². The summed E-state index contributed by atoms with van der Waals surface area (Å²) in [5.41, 5.74) is 4.28. The standard InChI is InChI=1S/C20H19ClN4O4/c1-28-16-9-7-12(18(21)19(16)29-2)11-22-25-17(26)10-8-15-20(27)24-14-6-4-3-5-13(14)23-15/h3-7,9,11H,8,10H2,1-2H3,(H,24,27)(H,25,26)/b22-11-. The van der Waals surface area contributed by atoms with Gasteiger partial charge >= 0.3 is 0 Å². The summed E-state index contributed by atoms with van der Waals surface area (Å²) in [6.07, 6.45) is 1.66. The molecule has 0 unspecified atom stereocenters. The maximum Gasteiger partial charge on any atom is 0.270 e. The van der Waals surface area contributed by atoms with E-state index in [1.165, 1.54) is 20.4 Å². The number of hydrogen-bond acceptors (Lipinski definition) is 6. The van der Waals surface area contributed by atoms with Crippen molar-refractivity contribution in [1.29, 1.82) is 0 Å². The molecule has 0 radical (unpaired) electrons. The number of aromatic nitrogens is 2. The summed E-state index contributed by atoms with van der Waals surface area (Å²) in [4.78, 5) is 31.2. The second kappa shape index (κ2) is 9.20. The summed E-state index contributed by atoms with van der Waals surface area (Å²) in [6, 6.07) is 10.6. The third-order valence-electron chi connectivity index (χ3n) is 4.17. The minimum absolute atomic E-state index is 0.0609. The van der Waals surface area contributed by atoms with Crippen LogP contribution in [0, 0.1) is 0 Å². The van der Waals surface area contributed by atoms with E-state index >= 15 is 0 Å². The summed E-state index contributed by atoms with van der Waals surface area (Å²) >= 11 is 6.26. The van der Waals surface area contributed by atoms with Crippen LogP contribution >= 0.6 is 11.6 Å². The van der Waals surface area contributed by atoms with Crippen molar-refractivity contribution in [2.24, 2.45) is 5.10 Å². The number of aromatic amines is 1. The number of hydrazone groups is 1. The van der Waals surface area contributed by atoms with E-state index in [9.17, 15) is 9.59 Å². The molecular formula is C20H19ClN4O4. The molecule has 9 heteroatoms. The number of methoxy groups -OCH3 is 2. The number of carbonyl (C=O) groups is 1. The highest BCUT2D eigenvalue weighted by Crippen LogP contribution is 2.36. The normalized spacial score (nSPS) is 11.0. The molecule has 150 valence electrons. The number of nitrogens with one attached hydrogen (secondary N) is 2. The van der Waals surface area contributed by atoms with E-state index in [2.05, 4.69) is 20.5 Å². The van der Waals surface area contributed by atoms with E-state index in [0.717, 1.165) is 0 Å². The Kier molecular flexibility index (Phi) is 6.46. The summed E-state index contributed by atoms with van der Waals surface area (Å²) in [6.45, 7) is 0. The zero-order chi connectivity index (χ0) is 20.8. The van der Waals surface area contributed by atoms with Crippen LogP contribution in [-0.2, 0) is 11.2 Å². The Morgan fingerprint density at radius 2 is 2.03 bits per heavy atom. The molecule has 29 heavy (non-hydrogen) atoms. The molecule has 0 bridgehead atoms. The van der Waals surface area contributed by atoms with Crippen LogP contribution in [-0.4, -0.2) is 36.3 Å². The zero-order valence-electron chi connectivity index (χ0n) is 15.9. The molecule has 1 amide bonds. The van der Waals surface area contributed by atoms with Crippen LogP contribution < -0.4 is 20.5 Å². The van der Waals surface area contributed by atoms with Crippen molar-refractivity contribution in [1.82, 2.24) is 15.4 Å². The SMILES string of the molecule is COc1ccc(/C=N\NC(=O)CCc2nc3ccccc3[nH]c2=O)c(Cl)c1OC. The first-order valence-corrected chi connectivity index (χ1v) is 9.11. The van der Waals surface area contributed by atoms with Gasteiger partial charge in [-0.05, 0) is 24.3 Å². The third-order valence-corrected chi connectivity index (χ3v) is 4.56. The van der Waals surface area contributed by atoms with Gasteiger partial charge in [0.1, 0.15) is 5.69 Å². The molecule has 0 saturated heterocycles. The highest BCUT2D eigenvalue weighted by molar-refractivity contribution is 6.34. The first kappa shape index (κ1) is 20.3. The number of rotatable bonds is 7. The van der Waals surface area contributed by atoms with E-state index < -0.39 is 0 Å². The first-order chi connectivity index (χ1) is 14.0. The number of hydrogen-bond donors (Lipinski definition) is 2. The van der Waals surface area contributed by atoms with Crippen LogP contribution in [0.2, 0.25) is 5.02 Å². The maximum atomic E-state index is 12.1. The van der Waals surface area contributed by atoms with E-state index in [-0.39, 0.29) is 24.3 Å². The minimum atomic E-state index is -0.354. The highest BCUT2D eigenvalue weighted by Gasteiger charge is 2.12. The fraction of sp³-hybridized carbons (Fsp3) is 0.200. The van der Waals surface area contributed by atoms with Gasteiger partial charge in [0.05, 0.1) is 36.5 Å². The molecule has 2 N–H and O–H groups in total. The Balaban J connectivity index is 1.62. The highest BCUT2D eigenvalue weighted by atomic mass is 35.5. The quantitative estimate of drug-likeness (QED) is 0.456. The van der Waals surface area contributed by atoms with Gasteiger partial charge in [-0.15, -0.1) is 0 Å². The summed E-state index contributed by atoms with van der Waals surface area (Å²) in [5.74, 6) is 0.519. The van der Waals surface area contributed by atoms with E-state index in [1.54, 1.807) is 24.3 Å². The fourth-order valence-corrected chi connectivity index (χ4v) is 2.98. The number of benzene rings is 2. The second-order valence-electron chi connectivity index (χ2n) is 6.03. The number of carbonyl (C=O) groups excluding carboxylic acids is 1. The van der Waals surface area contributed by atoms with Gasteiger partial charge < -0.3 is 14.5 Å². The van der Waals surface area contributed by atoms with Crippen molar-refractivity contribution in [3.63, 3.8) is 0 Å². The molecule has 3 rings (SSSR count). The lowest BCUT2D eigenvalue weighted by Gasteiger charge is -2.10. The van der Waals surface area contributed by atoms with Gasteiger partial charge in [-0.3, -0.25) is 9.59 Å². The molecule has 0 atom stereocenters. The van der Waals surface area contributed by atoms with Gasteiger partial charge in [0.15, 0.2) is 11.5 Å². The Labute approximate surface area is 171 Å².